The maximum atomic E-state index is 13.3. The Labute approximate surface area is 214 Å². The molecule has 2 unspecified atom stereocenters. The van der Waals surface area contributed by atoms with Crippen LogP contribution < -0.4 is 9.47 Å². The van der Waals surface area contributed by atoms with E-state index in [0.717, 1.165) is 5.39 Å². The molecule has 0 saturated carbocycles. The lowest BCUT2D eigenvalue weighted by Crippen LogP contribution is -2.14. The van der Waals surface area contributed by atoms with E-state index in [9.17, 15) is 19.5 Å². The van der Waals surface area contributed by atoms with Crippen LogP contribution in [0.2, 0.25) is 0 Å². The Morgan fingerprint density at radius 1 is 0.973 bits per heavy atom. The van der Waals surface area contributed by atoms with E-state index in [4.69, 9.17) is 14.2 Å². The smallest absolute Gasteiger partial charge is 0.305 e. The molecule has 9 heteroatoms. The van der Waals surface area contributed by atoms with E-state index >= 15 is 0 Å². The van der Waals surface area contributed by atoms with E-state index in [-0.39, 0.29) is 24.0 Å². The van der Waals surface area contributed by atoms with Gasteiger partial charge in [-0.2, -0.15) is 0 Å². The fourth-order valence-corrected chi connectivity index (χ4v) is 4.21. The summed E-state index contributed by atoms with van der Waals surface area (Å²) in [5.41, 5.74) is 1.53. The van der Waals surface area contributed by atoms with Crippen molar-refractivity contribution in [2.45, 2.75) is 37.9 Å². The molecule has 0 bridgehead atoms. The number of Topliss-reactive ketones (excluding diaryl/α,β-unsaturated/α-hetero) is 2. The van der Waals surface area contributed by atoms with Gasteiger partial charge in [-0.3, -0.25) is 14.4 Å². The molecule has 0 saturated heterocycles. The molecule has 0 aliphatic heterocycles. The number of carbonyl (C=O) groups excluding carboxylic acids is 3. The van der Waals surface area contributed by atoms with Crippen molar-refractivity contribution in [2.75, 3.05) is 27.4 Å². The average Bonchev–Trinajstić information content (AvgIpc) is 3.17. The van der Waals surface area contributed by atoms with Gasteiger partial charge >= 0.3 is 5.97 Å². The SMILES string of the molecule is COC(=O)CCCOc1cccc2ccc(C3C(=O)c4ccc(OCCCC(O)OC)cc4C3=O)nc12. The van der Waals surface area contributed by atoms with Crippen molar-refractivity contribution in [3.63, 3.8) is 0 Å². The van der Waals surface area contributed by atoms with Gasteiger partial charge in [0.1, 0.15) is 22.9 Å². The van der Waals surface area contributed by atoms with E-state index in [2.05, 4.69) is 9.72 Å². The Hall–Kier alpha value is -3.82. The summed E-state index contributed by atoms with van der Waals surface area (Å²) < 4.78 is 21.0. The van der Waals surface area contributed by atoms with Gasteiger partial charge in [0.05, 0.1) is 26.0 Å². The summed E-state index contributed by atoms with van der Waals surface area (Å²) in [6.45, 7) is 0.624. The molecule has 9 nitrogen and oxygen atoms in total. The molecule has 0 spiro atoms. The van der Waals surface area contributed by atoms with Gasteiger partial charge in [-0.05, 0) is 43.2 Å². The summed E-state index contributed by atoms with van der Waals surface area (Å²) in [7, 11) is 2.77. The number of hydrogen-bond donors (Lipinski definition) is 1. The van der Waals surface area contributed by atoms with Crippen molar-refractivity contribution < 1.29 is 38.4 Å². The minimum Gasteiger partial charge on any atom is -0.494 e. The highest BCUT2D eigenvalue weighted by molar-refractivity contribution is 6.29. The van der Waals surface area contributed by atoms with Crippen LogP contribution in [0.1, 0.15) is 58.0 Å². The van der Waals surface area contributed by atoms with Crippen molar-refractivity contribution in [2.24, 2.45) is 0 Å². The summed E-state index contributed by atoms with van der Waals surface area (Å²) in [4.78, 5) is 42.5. The van der Waals surface area contributed by atoms with E-state index in [1.165, 1.54) is 14.2 Å². The first-order valence-corrected chi connectivity index (χ1v) is 12.1. The number of aromatic nitrogens is 1. The molecule has 194 valence electrons. The molecule has 3 aromatic rings. The number of pyridine rings is 1. The van der Waals surface area contributed by atoms with E-state index in [1.54, 1.807) is 30.3 Å². The fourth-order valence-electron chi connectivity index (χ4n) is 4.21. The predicted octanol–water partition coefficient (Wildman–Crippen LogP) is 3.85. The Morgan fingerprint density at radius 2 is 1.76 bits per heavy atom. The zero-order valence-electron chi connectivity index (χ0n) is 20.8. The van der Waals surface area contributed by atoms with Crippen LogP contribution in [0.25, 0.3) is 10.9 Å². The molecular formula is C28H29NO8. The number of hydrogen-bond acceptors (Lipinski definition) is 9. The number of aliphatic hydroxyl groups excluding tert-OH is 1. The lowest BCUT2D eigenvalue weighted by atomic mass is 9.98. The first-order chi connectivity index (χ1) is 17.9. The minimum atomic E-state index is -1.04. The summed E-state index contributed by atoms with van der Waals surface area (Å²) in [5.74, 6) is -1.01. The number of ether oxygens (including phenoxy) is 4. The highest BCUT2D eigenvalue weighted by Gasteiger charge is 2.41. The molecule has 1 aliphatic rings. The van der Waals surface area contributed by atoms with Crippen LogP contribution in [0.4, 0.5) is 0 Å². The quantitative estimate of drug-likeness (QED) is 0.169. The van der Waals surface area contributed by atoms with Gasteiger partial charge in [0, 0.05) is 36.5 Å². The van der Waals surface area contributed by atoms with Crippen molar-refractivity contribution in [3.05, 3.63) is 65.4 Å². The Kier molecular flexibility index (Phi) is 8.47. The number of esters is 1. The van der Waals surface area contributed by atoms with Gasteiger partial charge in [-0.1, -0.05) is 18.2 Å². The molecule has 0 amide bonds. The van der Waals surface area contributed by atoms with Crippen LogP contribution in [0.15, 0.2) is 48.5 Å². The fraction of sp³-hybridized carbons (Fsp3) is 0.357. The minimum absolute atomic E-state index is 0.240. The summed E-state index contributed by atoms with van der Waals surface area (Å²) in [5, 5.41) is 10.3. The number of methoxy groups -OCH3 is 2. The molecule has 2 atom stereocenters. The Balaban J connectivity index is 1.50. The monoisotopic (exact) mass is 507 g/mol. The van der Waals surface area contributed by atoms with Crippen LogP contribution in [-0.2, 0) is 14.3 Å². The molecular weight excluding hydrogens is 478 g/mol. The van der Waals surface area contributed by atoms with Crippen LogP contribution in [0, 0.1) is 0 Å². The van der Waals surface area contributed by atoms with E-state index in [0.29, 0.717) is 66.3 Å². The maximum Gasteiger partial charge on any atom is 0.305 e. The summed E-state index contributed by atoms with van der Waals surface area (Å²) in [6.07, 6.45) is 0.865. The molecule has 1 aromatic heterocycles. The van der Waals surface area contributed by atoms with Crippen molar-refractivity contribution >= 4 is 28.4 Å². The lowest BCUT2D eigenvalue weighted by Gasteiger charge is -2.12. The summed E-state index contributed by atoms with van der Waals surface area (Å²) in [6, 6.07) is 13.8. The van der Waals surface area contributed by atoms with Gasteiger partial charge < -0.3 is 24.1 Å². The van der Waals surface area contributed by atoms with Gasteiger partial charge in [0.2, 0.25) is 0 Å². The molecule has 2 aromatic carbocycles. The molecule has 1 aliphatic carbocycles. The molecule has 1 N–H and O–H groups in total. The van der Waals surface area contributed by atoms with Crippen molar-refractivity contribution in [1.82, 2.24) is 4.98 Å². The lowest BCUT2D eigenvalue weighted by molar-refractivity contribution is -0.140. The Bertz CT molecular complexity index is 1300. The zero-order valence-corrected chi connectivity index (χ0v) is 20.8. The van der Waals surface area contributed by atoms with Crippen LogP contribution in [-0.4, -0.2) is 61.3 Å². The normalized spacial score (nSPS) is 15.5. The third-order valence-electron chi connectivity index (χ3n) is 6.19. The van der Waals surface area contributed by atoms with Crippen LogP contribution in [0.5, 0.6) is 11.5 Å². The first kappa shape index (κ1) is 26.2. The highest BCUT2D eigenvalue weighted by Crippen LogP contribution is 2.36. The van der Waals surface area contributed by atoms with Gasteiger partial charge in [-0.15, -0.1) is 0 Å². The first-order valence-electron chi connectivity index (χ1n) is 12.1. The van der Waals surface area contributed by atoms with E-state index < -0.39 is 12.2 Å². The average molecular weight is 508 g/mol. The van der Waals surface area contributed by atoms with Gasteiger partial charge in [-0.25, -0.2) is 4.98 Å². The Morgan fingerprint density at radius 3 is 2.54 bits per heavy atom. The van der Waals surface area contributed by atoms with E-state index in [1.807, 2.05) is 18.2 Å². The highest BCUT2D eigenvalue weighted by atomic mass is 16.6. The number of ketones is 2. The maximum absolute atomic E-state index is 13.3. The number of fused-ring (bicyclic) bond motifs is 2. The number of para-hydroxylation sites is 1. The number of carbonyl (C=O) groups is 3. The topological polar surface area (TPSA) is 121 Å². The van der Waals surface area contributed by atoms with Crippen LogP contribution in [0.3, 0.4) is 0 Å². The van der Waals surface area contributed by atoms with Crippen LogP contribution >= 0.6 is 0 Å². The number of benzene rings is 2. The van der Waals surface area contributed by atoms with Gasteiger partial charge in [0.15, 0.2) is 17.9 Å². The van der Waals surface area contributed by atoms with Crippen molar-refractivity contribution in [1.29, 1.82) is 0 Å². The largest absolute Gasteiger partial charge is 0.494 e. The third-order valence-corrected chi connectivity index (χ3v) is 6.19. The predicted molar refractivity (Wildman–Crippen MR) is 134 cm³/mol. The summed E-state index contributed by atoms with van der Waals surface area (Å²) >= 11 is 0. The van der Waals surface area contributed by atoms with Crippen molar-refractivity contribution in [3.8, 4) is 11.5 Å². The zero-order chi connectivity index (χ0) is 26.4. The second kappa shape index (κ2) is 11.9. The second-order valence-electron chi connectivity index (χ2n) is 8.64. The molecule has 37 heavy (non-hydrogen) atoms. The molecule has 1 heterocycles. The molecule has 0 radical (unpaired) electrons. The number of aliphatic hydroxyl groups is 1. The number of nitrogens with zero attached hydrogens (tertiary/aromatic N) is 1. The third kappa shape index (κ3) is 5.95. The number of rotatable bonds is 12. The molecule has 0 fully saturated rings. The van der Waals surface area contributed by atoms with Gasteiger partial charge in [0.25, 0.3) is 0 Å². The second-order valence-corrected chi connectivity index (χ2v) is 8.64. The molecule has 4 rings (SSSR count). The standard InChI is InChI=1S/C28H29NO8/c1-34-23(30)8-4-14-36-18-11-12-19-20(16-18)28(33)25(27(19)32)21-13-10-17-6-3-7-22(26(17)29-21)37-15-5-9-24(31)35-2/h3,6-7,10-13,16,23,25,30H,4-5,8-9,14-15H2,1-2H3.